The smallest absolute Gasteiger partial charge is 0.122 e. The molecule has 0 aliphatic heterocycles. The van der Waals surface area contributed by atoms with E-state index in [4.69, 9.17) is 4.74 Å². The van der Waals surface area contributed by atoms with E-state index in [1.165, 1.54) is 0 Å². The monoisotopic (exact) mass is 194 g/mol. The Kier molecular flexibility index (Phi) is 4.13. The summed E-state index contributed by atoms with van der Waals surface area (Å²) in [6, 6.07) is 7.14. The number of hydrogen-bond acceptors (Lipinski definition) is 3. The molecule has 0 saturated carbocycles. The molecule has 0 aliphatic carbocycles. The molecular formula is C11H14O3. The minimum absolute atomic E-state index is 0.121. The average Bonchev–Trinajstić information content (AvgIpc) is 2.19. The van der Waals surface area contributed by atoms with E-state index in [2.05, 4.69) is 0 Å². The molecule has 1 N–H and O–H groups in total. The fourth-order valence-electron chi connectivity index (χ4n) is 1.21. The Balaban J connectivity index is 2.76. The molecule has 0 aromatic heterocycles. The van der Waals surface area contributed by atoms with E-state index in [1.54, 1.807) is 18.2 Å². The summed E-state index contributed by atoms with van der Waals surface area (Å²) < 4.78 is 5.28. The van der Waals surface area contributed by atoms with E-state index >= 15 is 0 Å². The second-order valence-electron chi connectivity index (χ2n) is 2.92. The molecule has 0 radical (unpaired) electrons. The highest BCUT2D eigenvalue weighted by molar-refractivity contribution is 5.51. The van der Waals surface area contributed by atoms with Gasteiger partial charge in [-0.05, 0) is 24.6 Å². The molecule has 0 bridgehead atoms. The van der Waals surface area contributed by atoms with Gasteiger partial charge in [0, 0.05) is 6.42 Å². The van der Waals surface area contributed by atoms with Crippen molar-refractivity contribution in [1.82, 2.24) is 0 Å². The highest BCUT2D eigenvalue weighted by Crippen LogP contribution is 2.20. The maximum Gasteiger partial charge on any atom is 0.122 e. The molecule has 0 saturated heterocycles. The Hall–Kier alpha value is -1.35. The fraction of sp³-hybridized carbons (Fsp3) is 0.364. The summed E-state index contributed by atoms with van der Waals surface area (Å²) in [7, 11) is 0. The molecule has 1 aromatic carbocycles. The third-order valence-corrected chi connectivity index (χ3v) is 1.87. The molecule has 1 atom stereocenters. The van der Waals surface area contributed by atoms with Gasteiger partial charge in [-0.2, -0.15) is 0 Å². The number of benzene rings is 1. The van der Waals surface area contributed by atoms with Gasteiger partial charge in [-0.1, -0.05) is 12.1 Å². The maximum atomic E-state index is 10.2. The summed E-state index contributed by atoms with van der Waals surface area (Å²) in [5, 5.41) is 9.53. The normalized spacial score (nSPS) is 12.1. The molecule has 1 unspecified atom stereocenters. The molecule has 0 heterocycles. The number of carbonyl (C=O) groups excluding carboxylic acids is 1. The van der Waals surface area contributed by atoms with Crippen molar-refractivity contribution < 1.29 is 14.6 Å². The summed E-state index contributed by atoms with van der Waals surface area (Å²) in [5.74, 6) is 0.718. The van der Waals surface area contributed by atoms with Gasteiger partial charge < -0.3 is 14.6 Å². The molecule has 3 heteroatoms. The van der Waals surface area contributed by atoms with Crippen LogP contribution in [0.4, 0.5) is 0 Å². The molecule has 1 aromatic rings. The lowest BCUT2D eigenvalue weighted by Gasteiger charge is -2.09. The van der Waals surface area contributed by atoms with Crippen molar-refractivity contribution in [3.63, 3.8) is 0 Å². The van der Waals surface area contributed by atoms with Gasteiger partial charge in [0.1, 0.15) is 12.0 Å². The standard InChI is InChI=1S/C11H14O3/c1-2-14-10-5-3-4-9(8-10)11(13)6-7-12/h3-5,7-8,11,13H,2,6H2,1H3. The number of aliphatic hydroxyl groups excluding tert-OH is 1. The number of aliphatic hydroxyl groups is 1. The van der Waals surface area contributed by atoms with Gasteiger partial charge >= 0.3 is 0 Å². The van der Waals surface area contributed by atoms with E-state index in [0.717, 1.165) is 5.75 Å². The van der Waals surface area contributed by atoms with E-state index in [0.29, 0.717) is 18.5 Å². The first-order valence-corrected chi connectivity index (χ1v) is 4.62. The highest BCUT2D eigenvalue weighted by atomic mass is 16.5. The van der Waals surface area contributed by atoms with Gasteiger partial charge in [-0.25, -0.2) is 0 Å². The molecule has 0 amide bonds. The molecule has 76 valence electrons. The van der Waals surface area contributed by atoms with Crippen molar-refractivity contribution >= 4 is 6.29 Å². The van der Waals surface area contributed by atoms with Crippen LogP contribution in [0, 0.1) is 0 Å². The highest BCUT2D eigenvalue weighted by Gasteiger charge is 2.06. The SMILES string of the molecule is CCOc1cccc(C(O)CC=O)c1. The molecule has 3 nitrogen and oxygen atoms in total. The van der Waals surface area contributed by atoms with Crippen LogP contribution in [0.25, 0.3) is 0 Å². The summed E-state index contributed by atoms with van der Waals surface area (Å²) in [5.41, 5.74) is 0.711. The van der Waals surface area contributed by atoms with Crippen LogP contribution in [-0.4, -0.2) is 18.0 Å². The lowest BCUT2D eigenvalue weighted by Crippen LogP contribution is -1.99. The van der Waals surface area contributed by atoms with Gasteiger partial charge in [-0.3, -0.25) is 0 Å². The Morgan fingerprint density at radius 1 is 1.57 bits per heavy atom. The van der Waals surface area contributed by atoms with Crippen LogP contribution >= 0.6 is 0 Å². The average molecular weight is 194 g/mol. The largest absolute Gasteiger partial charge is 0.494 e. The molecule has 14 heavy (non-hydrogen) atoms. The first kappa shape index (κ1) is 10.7. The topological polar surface area (TPSA) is 46.5 Å². The Bertz CT molecular complexity index is 296. The van der Waals surface area contributed by atoms with Gasteiger partial charge in [0.2, 0.25) is 0 Å². The minimum atomic E-state index is -0.729. The van der Waals surface area contributed by atoms with Gasteiger partial charge in [0.15, 0.2) is 0 Å². The second kappa shape index (κ2) is 5.40. The predicted molar refractivity (Wildman–Crippen MR) is 53.3 cm³/mol. The summed E-state index contributed by atoms with van der Waals surface area (Å²) in [6.45, 7) is 2.49. The number of carbonyl (C=O) groups is 1. The predicted octanol–water partition coefficient (Wildman–Crippen LogP) is 1.71. The van der Waals surface area contributed by atoms with Crippen molar-refractivity contribution in [1.29, 1.82) is 0 Å². The summed E-state index contributed by atoms with van der Waals surface area (Å²) in [6.07, 6.45) is 0.0982. The van der Waals surface area contributed by atoms with Crippen LogP contribution in [-0.2, 0) is 4.79 Å². The molecular weight excluding hydrogens is 180 g/mol. The zero-order chi connectivity index (χ0) is 10.4. The van der Waals surface area contributed by atoms with Gasteiger partial charge in [0.05, 0.1) is 12.7 Å². The lowest BCUT2D eigenvalue weighted by atomic mass is 10.1. The van der Waals surface area contributed by atoms with E-state index in [1.807, 2.05) is 13.0 Å². The van der Waals surface area contributed by atoms with Crippen molar-refractivity contribution in [3.05, 3.63) is 29.8 Å². The van der Waals surface area contributed by atoms with Crippen LogP contribution in [0.15, 0.2) is 24.3 Å². The number of rotatable bonds is 5. The van der Waals surface area contributed by atoms with Crippen LogP contribution in [0.1, 0.15) is 25.0 Å². The molecule has 0 fully saturated rings. The Morgan fingerprint density at radius 3 is 3.00 bits per heavy atom. The van der Waals surface area contributed by atoms with Crippen molar-refractivity contribution in [2.45, 2.75) is 19.4 Å². The van der Waals surface area contributed by atoms with Crippen LogP contribution in [0.3, 0.4) is 0 Å². The zero-order valence-corrected chi connectivity index (χ0v) is 8.14. The van der Waals surface area contributed by atoms with Crippen molar-refractivity contribution in [2.75, 3.05) is 6.61 Å². The van der Waals surface area contributed by atoms with Crippen molar-refractivity contribution in [2.24, 2.45) is 0 Å². The zero-order valence-electron chi connectivity index (χ0n) is 8.14. The molecule has 0 aliphatic rings. The number of aldehydes is 1. The van der Waals surface area contributed by atoms with Crippen molar-refractivity contribution in [3.8, 4) is 5.75 Å². The quantitative estimate of drug-likeness (QED) is 0.726. The molecule has 0 spiro atoms. The first-order valence-electron chi connectivity index (χ1n) is 4.62. The van der Waals surface area contributed by atoms with Crippen LogP contribution in [0.5, 0.6) is 5.75 Å². The number of hydrogen-bond donors (Lipinski definition) is 1. The van der Waals surface area contributed by atoms with Crippen LogP contribution < -0.4 is 4.74 Å². The first-order chi connectivity index (χ1) is 6.77. The fourth-order valence-corrected chi connectivity index (χ4v) is 1.21. The van der Waals surface area contributed by atoms with Gasteiger partial charge in [0.25, 0.3) is 0 Å². The Labute approximate surface area is 83.3 Å². The van der Waals surface area contributed by atoms with Gasteiger partial charge in [-0.15, -0.1) is 0 Å². The summed E-state index contributed by atoms with van der Waals surface area (Å²) in [4.78, 5) is 10.2. The van der Waals surface area contributed by atoms with E-state index in [-0.39, 0.29) is 6.42 Å². The third kappa shape index (κ3) is 2.85. The number of ether oxygens (including phenoxy) is 1. The molecule has 1 rings (SSSR count). The summed E-state index contributed by atoms with van der Waals surface area (Å²) >= 11 is 0. The van der Waals surface area contributed by atoms with Crippen LogP contribution in [0.2, 0.25) is 0 Å². The van der Waals surface area contributed by atoms with E-state index < -0.39 is 6.10 Å². The van der Waals surface area contributed by atoms with E-state index in [9.17, 15) is 9.90 Å². The maximum absolute atomic E-state index is 10.2. The third-order valence-electron chi connectivity index (χ3n) is 1.87. The minimum Gasteiger partial charge on any atom is -0.494 e. The Morgan fingerprint density at radius 2 is 2.36 bits per heavy atom. The lowest BCUT2D eigenvalue weighted by molar-refractivity contribution is -0.109. The second-order valence-corrected chi connectivity index (χ2v) is 2.92.